The number of esters is 1. The van der Waals surface area contributed by atoms with E-state index in [0.29, 0.717) is 6.54 Å². The summed E-state index contributed by atoms with van der Waals surface area (Å²) < 4.78 is 11.0. The summed E-state index contributed by atoms with van der Waals surface area (Å²) in [6.07, 6.45) is -0.811. The molecule has 1 heterocycles. The maximum Gasteiger partial charge on any atom is 0.414 e. The van der Waals surface area contributed by atoms with Crippen LogP contribution in [-0.4, -0.2) is 31.3 Å². The summed E-state index contributed by atoms with van der Waals surface area (Å²) in [5.41, 5.74) is 0.783. The van der Waals surface area contributed by atoms with Gasteiger partial charge in [-0.1, -0.05) is 0 Å². The molecule has 0 aromatic heterocycles. The van der Waals surface area contributed by atoms with Gasteiger partial charge in [0.15, 0.2) is 6.10 Å². The van der Waals surface area contributed by atoms with Crippen molar-refractivity contribution in [3.63, 3.8) is 0 Å². The van der Waals surface area contributed by atoms with Crippen LogP contribution in [0.4, 0.5) is 10.5 Å². The second-order valence-electron chi connectivity index (χ2n) is 3.90. The molecule has 5 nitrogen and oxygen atoms in total. The van der Waals surface area contributed by atoms with Crippen LogP contribution in [0.25, 0.3) is 0 Å². The molecule has 0 unspecified atom stereocenters. The summed E-state index contributed by atoms with van der Waals surface area (Å²) in [5, 5.41) is 0. The molecular formula is C12H12INO4. The third kappa shape index (κ3) is 3.12. The van der Waals surface area contributed by atoms with Crippen molar-refractivity contribution < 1.29 is 19.1 Å². The molecule has 1 fully saturated rings. The molecule has 1 aliphatic rings. The number of nitrogens with zero attached hydrogens (tertiary/aromatic N) is 1. The Morgan fingerprint density at radius 1 is 1.50 bits per heavy atom. The molecule has 1 aliphatic heterocycles. The van der Waals surface area contributed by atoms with Gasteiger partial charge in [0.1, 0.15) is 6.61 Å². The van der Waals surface area contributed by atoms with Gasteiger partial charge in [-0.2, -0.15) is 0 Å². The fourth-order valence-electron chi connectivity index (χ4n) is 1.65. The summed E-state index contributed by atoms with van der Waals surface area (Å²) in [5.74, 6) is -0.376. The summed E-state index contributed by atoms with van der Waals surface area (Å²) in [7, 11) is 0. The summed E-state index contributed by atoms with van der Waals surface area (Å²) in [4.78, 5) is 23.9. The molecule has 1 atom stereocenters. The van der Waals surface area contributed by atoms with Crippen molar-refractivity contribution in [1.29, 1.82) is 0 Å². The van der Waals surface area contributed by atoms with Crippen molar-refractivity contribution in [3.8, 4) is 0 Å². The van der Waals surface area contributed by atoms with Crippen LogP contribution in [-0.2, 0) is 14.3 Å². The monoisotopic (exact) mass is 361 g/mol. The smallest absolute Gasteiger partial charge is 0.414 e. The number of rotatable bonds is 3. The zero-order valence-corrected chi connectivity index (χ0v) is 11.9. The first-order valence-corrected chi connectivity index (χ1v) is 6.51. The Balaban J connectivity index is 2.00. The molecule has 0 radical (unpaired) electrons. The number of anilines is 1. The van der Waals surface area contributed by atoms with Crippen LogP contribution in [0.1, 0.15) is 6.92 Å². The molecule has 18 heavy (non-hydrogen) atoms. The maximum absolute atomic E-state index is 11.7. The number of cyclic esters (lactones) is 1. The summed E-state index contributed by atoms with van der Waals surface area (Å²) in [6.45, 7) is 1.82. The Morgan fingerprint density at radius 2 is 2.17 bits per heavy atom. The highest BCUT2D eigenvalue weighted by Gasteiger charge is 2.32. The molecule has 1 aromatic rings. The van der Waals surface area contributed by atoms with E-state index in [2.05, 4.69) is 22.6 Å². The van der Waals surface area contributed by atoms with Crippen LogP contribution in [0, 0.1) is 3.57 Å². The number of hydrogen-bond donors (Lipinski definition) is 0. The van der Waals surface area contributed by atoms with Gasteiger partial charge in [-0.15, -0.1) is 0 Å². The van der Waals surface area contributed by atoms with Gasteiger partial charge in [-0.3, -0.25) is 9.69 Å². The maximum atomic E-state index is 11.7. The van der Waals surface area contributed by atoms with Crippen molar-refractivity contribution in [2.24, 2.45) is 0 Å². The van der Waals surface area contributed by atoms with Gasteiger partial charge >= 0.3 is 12.1 Å². The molecule has 6 heteroatoms. The van der Waals surface area contributed by atoms with Gasteiger partial charge in [-0.25, -0.2) is 4.79 Å². The number of amides is 1. The standard InChI is InChI=1S/C12H12INO4/c1-8(15)17-7-11-6-14(12(16)18-11)10-4-2-9(13)3-5-10/h2-5,11H,6-7H2,1H3/t11-/m1/s1. The quantitative estimate of drug-likeness (QED) is 0.612. The van der Waals surface area contributed by atoms with Crippen LogP contribution >= 0.6 is 22.6 Å². The summed E-state index contributed by atoms with van der Waals surface area (Å²) in [6, 6.07) is 7.56. The first-order chi connectivity index (χ1) is 8.56. The second-order valence-corrected chi connectivity index (χ2v) is 5.14. The van der Waals surface area contributed by atoms with Crippen molar-refractivity contribution in [3.05, 3.63) is 27.8 Å². The average Bonchev–Trinajstić information content (AvgIpc) is 2.69. The van der Waals surface area contributed by atoms with Gasteiger partial charge in [0.2, 0.25) is 0 Å². The van der Waals surface area contributed by atoms with E-state index in [0.717, 1.165) is 9.26 Å². The molecule has 1 aromatic carbocycles. The van der Waals surface area contributed by atoms with E-state index in [-0.39, 0.29) is 12.6 Å². The van der Waals surface area contributed by atoms with E-state index in [1.54, 1.807) is 0 Å². The van der Waals surface area contributed by atoms with Gasteiger partial charge in [0.25, 0.3) is 0 Å². The lowest BCUT2D eigenvalue weighted by Crippen LogP contribution is -2.26. The van der Waals surface area contributed by atoms with E-state index in [1.165, 1.54) is 11.8 Å². The third-order valence-corrected chi connectivity index (χ3v) is 3.20. The van der Waals surface area contributed by atoms with E-state index < -0.39 is 12.2 Å². The molecule has 0 N–H and O–H groups in total. The van der Waals surface area contributed by atoms with Crippen LogP contribution in [0.5, 0.6) is 0 Å². The highest BCUT2D eigenvalue weighted by molar-refractivity contribution is 14.1. The molecule has 0 bridgehead atoms. The van der Waals surface area contributed by atoms with Crippen molar-refractivity contribution in [1.82, 2.24) is 0 Å². The predicted octanol–water partition coefficient (Wildman–Crippen LogP) is 2.18. The summed E-state index contributed by atoms with van der Waals surface area (Å²) >= 11 is 2.20. The molecule has 1 amide bonds. The highest BCUT2D eigenvalue weighted by atomic mass is 127. The van der Waals surface area contributed by atoms with E-state index >= 15 is 0 Å². The number of hydrogen-bond acceptors (Lipinski definition) is 4. The Hall–Kier alpha value is -1.31. The fraction of sp³-hybridized carbons (Fsp3) is 0.333. The lowest BCUT2D eigenvalue weighted by molar-refractivity contribution is -0.143. The fourth-order valence-corrected chi connectivity index (χ4v) is 2.01. The van der Waals surface area contributed by atoms with Gasteiger partial charge in [0.05, 0.1) is 6.54 Å². The Labute approximate surface area is 118 Å². The number of ether oxygens (including phenoxy) is 2. The second kappa shape index (κ2) is 5.55. The van der Waals surface area contributed by atoms with E-state index in [9.17, 15) is 9.59 Å². The number of halogens is 1. The van der Waals surface area contributed by atoms with Crippen molar-refractivity contribution in [2.45, 2.75) is 13.0 Å². The zero-order chi connectivity index (χ0) is 13.1. The number of benzene rings is 1. The molecule has 2 rings (SSSR count). The van der Waals surface area contributed by atoms with E-state index in [1.807, 2.05) is 24.3 Å². The molecule has 0 saturated carbocycles. The van der Waals surface area contributed by atoms with Crippen LogP contribution in [0.2, 0.25) is 0 Å². The van der Waals surface area contributed by atoms with Gasteiger partial charge in [0, 0.05) is 16.2 Å². The average molecular weight is 361 g/mol. The zero-order valence-electron chi connectivity index (χ0n) is 9.76. The molecule has 1 saturated heterocycles. The minimum atomic E-state index is -0.409. The molecular weight excluding hydrogens is 349 g/mol. The minimum Gasteiger partial charge on any atom is -0.462 e. The minimum absolute atomic E-state index is 0.0991. The van der Waals surface area contributed by atoms with Crippen LogP contribution in [0.15, 0.2) is 24.3 Å². The third-order valence-electron chi connectivity index (χ3n) is 2.48. The molecule has 96 valence electrons. The first kappa shape index (κ1) is 13.1. The van der Waals surface area contributed by atoms with Crippen LogP contribution in [0.3, 0.4) is 0 Å². The first-order valence-electron chi connectivity index (χ1n) is 5.43. The predicted molar refractivity (Wildman–Crippen MR) is 73.4 cm³/mol. The largest absolute Gasteiger partial charge is 0.462 e. The lowest BCUT2D eigenvalue weighted by Gasteiger charge is -2.12. The van der Waals surface area contributed by atoms with E-state index in [4.69, 9.17) is 9.47 Å². The van der Waals surface area contributed by atoms with Crippen molar-refractivity contribution >= 4 is 40.3 Å². The Morgan fingerprint density at radius 3 is 2.78 bits per heavy atom. The molecule has 0 spiro atoms. The Bertz CT molecular complexity index is 460. The lowest BCUT2D eigenvalue weighted by atomic mass is 10.3. The SMILES string of the molecule is CC(=O)OC[C@H]1CN(c2ccc(I)cc2)C(=O)O1. The number of carbonyl (C=O) groups is 2. The topological polar surface area (TPSA) is 55.8 Å². The highest BCUT2D eigenvalue weighted by Crippen LogP contribution is 2.22. The normalized spacial score (nSPS) is 18.7. The number of carbonyl (C=O) groups excluding carboxylic acids is 2. The molecule has 0 aliphatic carbocycles. The Kier molecular flexibility index (Phi) is 4.05. The van der Waals surface area contributed by atoms with Gasteiger partial charge < -0.3 is 9.47 Å². The van der Waals surface area contributed by atoms with Gasteiger partial charge in [-0.05, 0) is 46.9 Å². The van der Waals surface area contributed by atoms with Crippen LogP contribution < -0.4 is 4.90 Å². The van der Waals surface area contributed by atoms with Crippen molar-refractivity contribution in [2.75, 3.05) is 18.1 Å².